The molecule has 18 heavy (non-hydrogen) atoms. The Hall–Kier alpha value is -1.68. The minimum absolute atomic E-state index is 0.0627. The summed E-state index contributed by atoms with van der Waals surface area (Å²) in [6.07, 6.45) is 0.342. The van der Waals surface area contributed by atoms with E-state index >= 15 is 0 Å². The average Bonchev–Trinajstić information content (AvgIpc) is 2.78. The number of esters is 1. The molecule has 0 aliphatic carbocycles. The number of rotatable bonds is 4. The molecule has 1 aliphatic rings. The van der Waals surface area contributed by atoms with Crippen molar-refractivity contribution < 1.29 is 19.1 Å². The van der Waals surface area contributed by atoms with E-state index in [2.05, 4.69) is 4.74 Å². The zero-order chi connectivity index (χ0) is 13.0. The number of carbonyl (C=O) groups is 2. The Balaban J connectivity index is 1.93. The summed E-state index contributed by atoms with van der Waals surface area (Å²) >= 11 is 0. The van der Waals surface area contributed by atoms with Crippen molar-refractivity contribution in [3.8, 4) is 0 Å². The molecule has 0 N–H and O–H groups in total. The standard InChI is InChI=1S/C14H16O4/c1-17-14(16)8-7-12-11(15)9-13(18-12)10-5-3-2-4-6-10/h2-6,12-13H,7-9H2,1H3/t12-,13-/m0/s1. The predicted octanol–water partition coefficient (Wildman–Crippen LogP) is 2.04. The summed E-state index contributed by atoms with van der Waals surface area (Å²) in [4.78, 5) is 22.8. The molecule has 1 heterocycles. The molecule has 1 aromatic rings. The maximum absolute atomic E-state index is 11.8. The SMILES string of the molecule is COC(=O)CC[C@@H]1O[C@H](c2ccccc2)CC1=O. The van der Waals surface area contributed by atoms with Crippen molar-refractivity contribution in [1.29, 1.82) is 0 Å². The van der Waals surface area contributed by atoms with E-state index in [0.717, 1.165) is 5.56 Å². The number of hydrogen-bond acceptors (Lipinski definition) is 4. The second-order valence-corrected chi connectivity index (χ2v) is 4.31. The lowest BCUT2D eigenvalue weighted by Gasteiger charge is -2.12. The van der Waals surface area contributed by atoms with E-state index in [0.29, 0.717) is 12.8 Å². The van der Waals surface area contributed by atoms with E-state index in [1.165, 1.54) is 7.11 Å². The van der Waals surface area contributed by atoms with Gasteiger partial charge in [-0.3, -0.25) is 9.59 Å². The number of ketones is 1. The summed E-state index contributed by atoms with van der Waals surface area (Å²) in [5.41, 5.74) is 1.01. The Morgan fingerprint density at radius 2 is 2.11 bits per heavy atom. The minimum Gasteiger partial charge on any atom is -0.469 e. The van der Waals surface area contributed by atoms with Crippen molar-refractivity contribution in [1.82, 2.24) is 0 Å². The van der Waals surface area contributed by atoms with Crippen LogP contribution in [0.15, 0.2) is 30.3 Å². The Kier molecular flexibility index (Phi) is 4.10. The first-order valence-electron chi connectivity index (χ1n) is 6.00. The molecular weight excluding hydrogens is 232 g/mol. The molecule has 1 fully saturated rings. The van der Waals surface area contributed by atoms with Crippen LogP contribution in [-0.2, 0) is 19.1 Å². The van der Waals surface area contributed by atoms with Crippen LogP contribution in [0.4, 0.5) is 0 Å². The predicted molar refractivity (Wildman–Crippen MR) is 64.9 cm³/mol. The molecule has 0 radical (unpaired) electrons. The molecule has 0 aromatic heterocycles. The average molecular weight is 248 g/mol. The smallest absolute Gasteiger partial charge is 0.305 e. The molecule has 0 spiro atoms. The van der Waals surface area contributed by atoms with Gasteiger partial charge in [-0.2, -0.15) is 0 Å². The quantitative estimate of drug-likeness (QED) is 0.765. The van der Waals surface area contributed by atoms with E-state index in [1.54, 1.807) is 0 Å². The van der Waals surface area contributed by atoms with Gasteiger partial charge in [0.15, 0.2) is 5.78 Å². The number of ether oxygens (including phenoxy) is 2. The van der Waals surface area contributed by atoms with E-state index in [1.807, 2.05) is 30.3 Å². The minimum atomic E-state index is -0.477. The highest BCUT2D eigenvalue weighted by Crippen LogP contribution is 2.31. The van der Waals surface area contributed by atoms with Crippen LogP contribution in [0.2, 0.25) is 0 Å². The molecule has 2 atom stereocenters. The third kappa shape index (κ3) is 2.96. The van der Waals surface area contributed by atoms with Gasteiger partial charge in [0.1, 0.15) is 6.10 Å². The second kappa shape index (κ2) is 5.78. The van der Waals surface area contributed by atoms with Crippen LogP contribution < -0.4 is 0 Å². The van der Waals surface area contributed by atoms with Crippen LogP contribution in [0.25, 0.3) is 0 Å². The first-order chi connectivity index (χ1) is 8.70. The van der Waals surface area contributed by atoms with Crippen LogP contribution in [0.3, 0.4) is 0 Å². The fraction of sp³-hybridized carbons (Fsp3) is 0.429. The monoisotopic (exact) mass is 248 g/mol. The summed E-state index contributed by atoms with van der Waals surface area (Å²) in [7, 11) is 1.34. The van der Waals surface area contributed by atoms with Crippen LogP contribution in [-0.4, -0.2) is 25.0 Å². The molecule has 2 rings (SSSR count). The molecular formula is C14H16O4. The topological polar surface area (TPSA) is 52.6 Å². The normalized spacial score (nSPS) is 23.1. The first-order valence-corrected chi connectivity index (χ1v) is 6.00. The lowest BCUT2D eigenvalue weighted by molar-refractivity contribution is -0.141. The number of Topliss-reactive ketones (excluding diaryl/α,β-unsaturated/α-hetero) is 1. The summed E-state index contributed by atoms with van der Waals surface area (Å²) in [5.74, 6) is -0.248. The van der Waals surface area contributed by atoms with E-state index in [9.17, 15) is 9.59 Å². The van der Waals surface area contributed by atoms with Crippen LogP contribution in [0.1, 0.15) is 30.9 Å². The van der Waals surface area contributed by atoms with Crippen molar-refractivity contribution >= 4 is 11.8 Å². The summed E-state index contributed by atoms with van der Waals surface area (Å²) < 4.78 is 10.2. The van der Waals surface area contributed by atoms with Gasteiger partial charge in [-0.25, -0.2) is 0 Å². The highest BCUT2D eigenvalue weighted by molar-refractivity contribution is 5.86. The summed E-state index contributed by atoms with van der Waals surface area (Å²) in [6.45, 7) is 0. The zero-order valence-corrected chi connectivity index (χ0v) is 10.3. The largest absolute Gasteiger partial charge is 0.469 e. The van der Waals surface area contributed by atoms with Crippen LogP contribution in [0, 0.1) is 0 Å². The van der Waals surface area contributed by atoms with Crippen LogP contribution >= 0.6 is 0 Å². The summed E-state index contributed by atoms with van der Waals surface area (Å²) in [6, 6.07) is 9.66. The molecule has 1 aliphatic heterocycles. The Morgan fingerprint density at radius 1 is 1.39 bits per heavy atom. The molecule has 1 saturated heterocycles. The van der Waals surface area contributed by atoms with E-state index < -0.39 is 6.10 Å². The van der Waals surface area contributed by atoms with Gasteiger partial charge < -0.3 is 9.47 Å². The highest BCUT2D eigenvalue weighted by Gasteiger charge is 2.34. The van der Waals surface area contributed by atoms with Crippen molar-refractivity contribution in [3.63, 3.8) is 0 Å². The third-order valence-electron chi connectivity index (χ3n) is 3.08. The molecule has 4 heteroatoms. The maximum Gasteiger partial charge on any atom is 0.305 e. The fourth-order valence-corrected chi connectivity index (χ4v) is 2.08. The van der Waals surface area contributed by atoms with Gasteiger partial charge in [0.05, 0.1) is 13.2 Å². The van der Waals surface area contributed by atoms with Crippen molar-refractivity contribution in [2.45, 2.75) is 31.5 Å². The first kappa shape index (κ1) is 12.8. The number of benzene rings is 1. The van der Waals surface area contributed by atoms with Gasteiger partial charge in [0, 0.05) is 12.8 Å². The Morgan fingerprint density at radius 3 is 2.78 bits per heavy atom. The molecule has 0 unspecified atom stereocenters. The fourth-order valence-electron chi connectivity index (χ4n) is 2.08. The molecule has 4 nitrogen and oxygen atoms in total. The van der Waals surface area contributed by atoms with Gasteiger partial charge in [-0.05, 0) is 12.0 Å². The zero-order valence-electron chi connectivity index (χ0n) is 10.3. The summed E-state index contributed by atoms with van der Waals surface area (Å²) in [5, 5.41) is 0. The van der Waals surface area contributed by atoms with Crippen molar-refractivity contribution in [2.75, 3.05) is 7.11 Å². The Labute approximate surface area is 106 Å². The lowest BCUT2D eigenvalue weighted by Crippen LogP contribution is -2.17. The number of methoxy groups -OCH3 is 1. The van der Waals surface area contributed by atoms with Gasteiger partial charge in [-0.15, -0.1) is 0 Å². The molecule has 96 valence electrons. The van der Waals surface area contributed by atoms with Crippen LogP contribution in [0.5, 0.6) is 0 Å². The second-order valence-electron chi connectivity index (χ2n) is 4.31. The molecule has 0 bridgehead atoms. The van der Waals surface area contributed by atoms with Gasteiger partial charge >= 0.3 is 5.97 Å². The maximum atomic E-state index is 11.8. The Bertz CT molecular complexity index is 427. The lowest BCUT2D eigenvalue weighted by atomic mass is 10.0. The van der Waals surface area contributed by atoms with Crippen molar-refractivity contribution in [2.24, 2.45) is 0 Å². The number of hydrogen-bond donors (Lipinski definition) is 0. The van der Waals surface area contributed by atoms with Gasteiger partial charge in [0.25, 0.3) is 0 Å². The highest BCUT2D eigenvalue weighted by atomic mass is 16.5. The van der Waals surface area contributed by atoms with Crippen molar-refractivity contribution in [3.05, 3.63) is 35.9 Å². The molecule has 0 amide bonds. The van der Waals surface area contributed by atoms with Gasteiger partial charge in [0.2, 0.25) is 0 Å². The van der Waals surface area contributed by atoms with Gasteiger partial charge in [-0.1, -0.05) is 30.3 Å². The van der Waals surface area contributed by atoms with E-state index in [-0.39, 0.29) is 24.3 Å². The number of carbonyl (C=O) groups excluding carboxylic acids is 2. The molecule has 0 saturated carbocycles. The third-order valence-corrected chi connectivity index (χ3v) is 3.08. The molecule has 1 aromatic carbocycles. The van der Waals surface area contributed by atoms with E-state index in [4.69, 9.17) is 4.74 Å².